The molecule has 0 bridgehead atoms. The maximum absolute atomic E-state index is 5.32. The van der Waals surface area contributed by atoms with E-state index in [4.69, 9.17) is 5.73 Å². The fourth-order valence-corrected chi connectivity index (χ4v) is 0.357. The van der Waals surface area contributed by atoms with Crippen LogP contribution in [0.4, 0.5) is 0 Å². The molecular weight excluding hydrogens is 110 g/mol. The molecule has 0 aromatic heterocycles. The summed E-state index contributed by atoms with van der Waals surface area (Å²) in [5.41, 5.74) is 6.14. The molecule has 0 saturated carbocycles. The van der Waals surface area contributed by atoms with E-state index in [1.165, 1.54) is 0 Å². The van der Waals surface area contributed by atoms with Crippen molar-refractivity contribution in [3.63, 3.8) is 0 Å². The van der Waals surface area contributed by atoms with E-state index in [2.05, 4.69) is 27.4 Å². The Labute approximate surface area is 57.3 Å². The Bertz CT molecular complexity index is 126. The van der Waals surface area contributed by atoms with Crippen molar-refractivity contribution < 1.29 is 0 Å². The minimum atomic E-state index is 0.211. The molecule has 0 rings (SSSR count). The maximum atomic E-state index is 5.32. The van der Waals surface area contributed by atoms with E-state index in [9.17, 15) is 0 Å². The van der Waals surface area contributed by atoms with Gasteiger partial charge in [0, 0.05) is 5.70 Å². The van der Waals surface area contributed by atoms with Crippen LogP contribution >= 0.6 is 0 Å². The Balaban J connectivity index is 3.86. The largest absolute Gasteiger partial charge is 0.399 e. The van der Waals surface area contributed by atoms with Gasteiger partial charge in [0.05, 0.1) is 0 Å². The van der Waals surface area contributed by atoms with E-state index < -0.39 is 0 Å². The molecule has 2 N–H and O–H groups in total. The molecule has 0 radical (unpaired) electrons. The van der Waals surface area contributed by atoms with Crippen LogP contribution in [0.25, 0.3) is 0 Å². The zero-order chi connectivity index (χ0) is 7.49. The van der Waals surface area contributed by atoms with Crippen molar-refractivity contribution in [1.29, 1.82) is 0 Å². The number of rotatable bonds is 1. The lowest BCUT2D eigenvalue weighted by Crippen LogP contribution is -2.00. The van der Waals surface area contributed by atoms with Crippen LogP contribution < -0.4 is 5.73 Å². The summed E-state index contributed by atoms with van der Waals surface area (Å²) in [6.07, 6.45) is 3.87. The van der Waals surface area contributed by atoms with Gasteiger partial charge in [-0.25, -0.2) is 0 Å². The van der Waals surface area contributed by atoms with Crippen LogP contribution in [-0.2, 0) is 0 Å². The molecule has 0 heterocycles. The number of hydrogen-bond donors (Lipinski definition) is 1. The molecule has 0 aromatic rings. The van der Waals surface area contributed by atoms with Gasteiger partial charge in [-0.3, -0.25) is 0 Å². The lowest BCUT2D eigenvalue weighted by Gasteiger charge is -2.10. The topological polar surface area (TPSA) is 26.0 Å². The summed E-state index contributed by atoms with van der Waals surface area (Å²) >= 11 is 0. The molecule has 1 heteroatoms. The second kappa shape index (κ2) is 2.72. The molecule has 0 saturated heterocycles. The highest BCUT2D eigenvalue weighted by Gasteiger charge is 2.02. The van der Waals surface area contributed by atoms with Gasteiger partial charge >= 0.3 is 0 Å². The quantitative estimate of drug-likeness (QED) is 0.533. The van der Waals surface area contributed by atoms with Gasteiger partial charge in [0.1, 0.15) is 0 Å². The van der Waals surface area contributed by atoms with Gasteiger partial charge in [-0.1, -0.05) is 33.4 Å². The molecule has 0 aliphatic rings. The molecular formula is C8H15N. The van der Waals surface area contributed by atoms with Crippen molar-refractivity contribution >= 4 is 0 Å². The van der Waals surface area contributed by atoms with E-state index in [0.29, 0.717) is 5.70 Å². The van der Waals surface area contributed by atoms with Gasteiger partial charge in [0.15, 0.2) is 0 Å². The third-order valence-corrected chi connectivity index (χ3v) is 0.797. The Hall–Kier alpha value is -0.720. The molecule has 1 nitrogen and oxygen atoms in total. The molecule has 0 atom stereocenters. The van der Waals surface area contributed by atoms with Gasteiger partial charge in [0.25, 0.3) is 0 Å². The van der Waals surface area contributed by atoms with Crippen LogP contribution in [0.5, 0.6) is 0 Å². The van der Waals surface area contributed by atoms with Gasteiger partial charge in [-0.2, -0.15) is 0 Å². The zero-order valence-electron chi connectivity index (χ0n) is 6.44. The monoisotopic (exact) mass is 125 g/mol. The average molecular weight is 125 g/mol. The van der Waals surface area contributed by atoms with Crippen molar-refractivity contribution in [3.8, 4) is 0 Å². The minimum absolute atomic E-state index is 0.211. The van der Waals surface area contributed by atoms with Crippen molar-refractivity contribution in [1.82, 2.24) is 0 Å². The normalized spacial score (nSPS) is 12.3. The fraction of sp³-hybridized carbons (Fsp3) is 0.500. The standard InChI is InChI=1S/C8H15N/c1-7(9)5-6-8(2,3)4/h5-6H,1,9H2,2-4H3/b6-5+. The first-order valence-electron chi connectivity index (χ1n) is 3.05. The predicted molar refractivity (Wildman–Crippen MR) is 41.9 cm³/mol. The molecule has 0 aromatic carbocycles. The Morgan fingerprint density at radius 3 is 2.00 bits per heavy atom. The van der Waals surface area contributed by atoms with Crippen molar-refractivity contribution in [2.75, 3.05) is 0 Å². The predicted octanol–water partition coefficient (Wildman–Crippen LogP) is 2.06. The van der Waals surface area contributed by atoms with Gasteiger partial charge < -0.3 is 5.73 Å². The summed E-state index contributed by atoms with van der Waals surface area (Å²) < 4.78 is 0. The lowest BCUT2D eigenvalue weighted by atomic mass is 9.96. The van der Waals surface area contributed by atoms with Crippen molar-refractivity contribution in [2.24, 2.45) is 11.1 Å². The van der Waals surface area contributed by atoms with Crippen LogP contribution in [0.1, 0.15) is 20.8 Å². The molecule has 52 valence electrons. The van der Waals surface area contributed by atoms with Crippen LogP contribution in [-0.4, -0.2) is 0 Å². The molecule has 0 unspecified atom stereocenters. The van der Waals surface area contributed by atoms with Crippen LogP contribution in [0.3, 0.4) is 0 Å². The maximum Gasteiger partial charge on any atom is 0.0237 e. The van der Waals surface area contributed by atoms with E-state index in [-0.39, 0.29) is 5.41 Å². The lowest BCUT2D eigenvalue weighted by molar-refractivity contribution is 0.544. The Morgan fingerprint density at radius 1 is 1.44 bits per heavy atom. The average Bonchev–Trinajstić information content (AvgIpc) is 1.59. The van der Waals surface area contributed by atoms with Crippen LogP contribution in [0.15, 0.2) is 24.4 Å². The Morgan fingerprint density at radius 2 is 1.89 bits per heavy atom. The number of allylic oxidation sites excluding steroid dienone is 2. The van der Waals surface area contributed by atoms with Gasteiger partial charge in [-0.15, -0.1) is 0 Å². The second-order valence-electron chi connectivity index (χ2n) is 3.27. The first-order chi connectivity index (χ1) is 3.92. The van der Waals surface area contributed by atoms with Crippen LogP contribution in [0, 0.1) is 5.41 Å². The van der Waals surface area contributed by atoms with Crippen LogP contribution in [0.2, 0.25) is 0 Å². The minimum Gasteiger partial charge on any atom is -0.399 e. The third-order valence-electron chi connectivity index (χ3n) is 0.797. The van der Waals surface area contributed by atoms with Crippen molar-refractivity contribution in [3.05, 3.63) is 24.4 Å². The SMILES string of the molecule is C=C(N)/C=C/C(C)(C)C. The fourth-order valence-electron chi connectivity index (χ4n) is 0.357. The van der Waals surface area contributed by atoms with Crippen molar-refractivity contribution in [2.45, 2.75) is 20.8 Å². The van der Waals surface area contributed by atoms with Gasteiger partial charge in [-0.05, 0) is 11.5 Å². The first-order valence-corrected chi connectivity index (χ1v) is 3.05. The Kier molecular flexibility index (Phi) is 2.50. The highest BCUT2D eigenvalue weighted by molar-refractivity contribution is 5.12. The molecule has 0 spiro atoms. The van der Waals surface area contributed by atoms with Gasteiger partial charge in [0.2, 0.25) is 0 Å². The summed E-state index contributed by atoms with van der Waals surface area (Å²) in [7, 11) is 0. The summed E-state index contributed by atoms with van der Waals surface area (Å²) in [4.78, 5) is 0. The molecule has 0 fully saturated rings. The summed E-state index contributed by atoms with van der Waals surface area (Å²) in [6, 6.07) is 0. The van der Waals surface area contributed by atoms with E-state index in [0.717, 1.165) is 0 Å². The molecule has 0 aliphatic heterocycles. The summed E-state index contributed by atoms with van der Waals surface area (Å²) in [5, 5.41) is 0. The smallest absolute Gasteiger partial charge is 0.0237 e. The first kappa shape index (κ1) is 8.28. The molecule has 0 amide bonds. The number of nitrogens with two attached hydrogens (primary N) is 1. The molecule has 9 heavy (non-hydrogen) atoms. The third kappa shape index (κ3) is 7.28. The van der Waals surface area contributed by atoms with E-state index in [1.54, 1.807) is 0 Å². The van der Waals surface area contributed by atoms with E-state index >= 15 is 0 Å². The van der Waals surface area contributed by atoms with E-state index in [1.807, 2.05) is 12.2 Å². The number of hydrogen-bond acceptors (Lipinski definition) is 1. The molecule has 0 aliphatic carbocycles. The summed E-state index contributed by atoms with van der Waals surface area (Å²) in [6.45, 7) is 9.90. The zero-order valence-corrected chi connectivity index (χ0v) is 6.44. The second-order valence-corrected chi connectivity index (χ2v) is 3.27. The highest BCUT2D eigenvalue weighted by Crippen LogP contribution is 2.14. The summed E-state index contributed by atoms with van der Waals surface area (Å²) in [5.74, 6) is 0. The highest BCUT2D eigenvalue weighted by atomic mass is 14.5.